The number of thioether (sulfide) groups is 1. The fourth-order valence-corrected chi connectivity index (χ4v) is 3.87. The molecule has 0 saturated carbocycles. The normalized spacial score (nSPS) is 15.5. The van der Waals surface area contributed by atoms with Crippen molar-refractivity contribution >= 4 is 23.7 Å². The van der Waals surface area contributed by atoms with Crippen molar-refractivity contribution in [1.82, 2.24) is 9.80 Å². The van der Waals surface area contributed by atoms with Gasteiger partial charge in [-0.05, 0) is 17.7 Å². The predicted molar refractivity (Wildman–Crippen MR) is 110 cm³/mol. The molecule has 2 aromatic rings. The van der Waals surface area contributed by atoms with Crippen molar-refractivity contribution in [2.75, 3.05) is 38.5 Å². The van der Waals surface area contributed by atoms with Crippen LogP contribution in [-0.2, 0) is 4.79 Å². The van der Waals surface area contributed by atoms with E-state index >= 15 is 0 Å². The molecule has 2 aromatic carbocycles. The zero-order chi connectivity index (χ0) is 18.0. The minimum Gasteiger partial charge on any atom is -0.340 e. The molecule has 1 amide bonds. The predicted octanol–water partition coefficient (Wildman–Crippen LogP) is 4.03. The molecular formula is C22H26N2OS. The third kappa shape index (κ3) is 6.04. The molecular weight excluding hydrogens is 340 g/mol. The van der Waals surface area contributed by atoms with Crippen molar-refractivity contribution in [3.8, 4) is 0 Å². The molecule has 3 nitrogen and oxygen atoms in total. The molecule has 0 aliphatic carbocycles. The number of piperazine rings is 1. The lowest BCUT2D eigenvalue weighted by Crippen LogP contribution is -2.48. The summed E-state index contributed by atoms with van der Waals surface area (Å²) in [6, 6.07) is 20.6. The molecule has 0 atom stereocenters. The molecule has 1 aliphatic heterocycles. The SMILES string of the molecule is O=C(CCSc1ccccc1)N1CCN(C/C=C/c2ccccc2)CC1. The monoisotopic (exact) mass is 366 g/mol. The summed E-state index contributed by atoms with van der Waals surface area (Å²) in [5.74, 6) is 1.14. The van der Waals surface area contributed by atoms with Crippen LogP contribution in [0.1, 0.15) is 12.0 Å². The largest absolute Gasteiger partial charge is 0.340 e. The Labute approximate surface area is 160 Å². The first-order valence-electron chi connectivity index (χ1n) is 9.21. The van der Waals surface area contributed by atoms with Gasteiger partial charge in [0.25, 0.3) is 0 Å². The average Bonchev–Trinajstić information content (AvgIpc) is 2.70. The second-order valence-electron chi connectivity index (χ2n) is 6.41. The van der Waals surface area contributed by atoms with E-state index in [4.69, 9.17) is 0 Å². The molecule has 1 heterocycles. The van der Waals surface area contributed by atoms with Crippen LogP contribution in [0.3, 0.4) is 0 Å². The summed E-state index contributed by atoms with van der Waals surface area (Å²) in [6.45, 7) is 4.54. The van der Waals surface area contributed by atoms with Gasteiger partial charge in [0.1, 0.15) is 0 Å². The topological polar surface area (TPSA) is 23.6 Å². The van der Waals surface area contributed by atoms with E-state index in [0.717, 1.165) is 38.5 Å². The highest BCUT2D eigenvalue weighted by molar-refractivity contribution is 7.99. The molecule has 1 saturated heterocycles. The van der Waals surface area contributed by atoms with E-state index in [0.29, 0.717) is 6.42 Å². The molecule has 26 heavy (non-hydrogen) atoms. The van der Waals surface area contributed by atoms with Crippen LogP contribution < -0.4 is 0 Å². The highest BCUT2D eigenvalue weighted by Gasteiger charge is 2.19. The van der Waals surface area contributed by atoms with E-state index in [2.05, 4.69) is 53.5 Å². The van der Waals surface area contributed by atoms with Gasteiger partial charge in [0, 0.05) is 49.8 Å². The molecule has 0 radical (unpaired) electrons. The van der Waals surface area contributed by atoms with Gasteiger partial charge in [-0.1, -0.05) is 60.7 Å². The maximum atomic E-state index is 12.4. The first-order valence-corrected chi connectivity index (χ1v) is 10.2. The molecule has 1 aliphatic rings. The van der Waals surface area contributed by atoms with Crippen molar-refractivity contribution in [1.29, 1.82) is 0 Å². The fourth-order valence-electron chi connectivity index (χ4n) is 3.01. The molecule has 0 spiro atoms. The van der Waals surface area contributed by atoms with Crippen LogP contribution in [0.2, 0.25) is 0 Å². The number of hydrogen-bond donors (Lipinski definition) is 0. The quantitative estimate of drug-likeness (QED) is 0.691. The van der Waals surface area contributed by atoms with Crippen molar-refractivity contribution in [3.63, 3.8) is 0 Å². The van der Waals surface area contributed by atoms with Crippen molar-refractivity contribution in [2.45, 2.75) is 11.3 Å². The van der Waals surface area contributed by atoms with Crippen LogP contribution in [-0.4, -0.2) is 54.2 Å². The summed E-state index contributed by atoms with van der Waals surface area (Å²) < 4.78 is 0. The maximum Gasteiger partial charge on any atom is 0.223 e. The average molecular weight is 367 g/mol. The number of carbonyl (C=O) groups excluding carboxylic acids is 1. The summed E-state index contributed by atoms with van der Waals surface area (Å²) in [4.78, 5) is 18.0. The lowest BCUT2D eigenvalue weighted by molar-refractivity contribution is -0.132. The van der Waals surface area contributed by atoms with Gasteiger partial charge in [-0.15, -0.1) is 11.8 Å². The fraction of sp³-hybridized carbons (Fsp3) is 0.318. The number of benzene rings is 2. The molecule has 0 bridgehead atoms. The Morgan fingerprint density at radius 1 is 0.923 bits per heavy atom. The Hall–Kier alpha value is -2.04. The Bertz CT molecular complexity index is 695. The number of carbonyl (C=O) groups is 1. The summed E-state index contributed by atoms with van der Waals surface area (Å²) >= 11 is 1.76. The van der Waals surface area contributed by atoms with E-state index in [9.17, 15) is 4.79 Å². The number of amides is 1. The van der Waals surface area contributed by atoms with Crippen LogP contribution in [0.25, 0.3) is 6.08 Å². The van der Waals surface area contributed by atoms with Crippen LogP contribution in [0.4, 0.5) is 0 Å². The van der Waals surface area contributed by atoms with Gasteiger partial charge in [-0.2, -0.15) is 0 Å². The summed E-state index contributed by atoms with van der Waals surface area (Å²) in [5, 5.41) is 0. The number of nitrogens with zero attached hydrogens (tertiary/aromatic N) is 2. The van der Waals surface area contributed by atoms with E-state index in [1.165, 1.54) is 10.5 Å². The number of hydrogen-bond acceptors (Lipinski definition) is 3. The Morgan fingerprint density at radius 3 is 2.27 bits per heavy atom. The lowest BCUT2D eigenvalue weighted by Gasteiger charge is -2.34. The van der Waals surface area contributed by atoms with E-state index < -0.39 is 0 Å². The van der Waals surface area contributed by atoms with Gasteiger partial charge in [0.05, 0.1) is 0 Å². The van der Waals surface area contributed by atoms with E-state index in [1.807, 2.05) is 29.2 Å². The summed E-state index contributed by atoms with van der Waals surface area (Å²) in [5.41, 5.74) is 1.23. The number of rotatable bonds is 7. The lowest BCUT2D eigenvalue weighted by atomic mass is 10.2. The zero-order valence-electron chi connectivity index (χ0n) is 15.1. The molecule has 4 heteroatoms. The Morgan fingerprint density at radius 2 is 1.58 bits per heavy atom. The third-order valence-electron chi connectivity index (χ3n) is 4.53. The van der Waals surface area contributed by atoms with Gasteiger partial charge < -0.3 is 4.90 Å². The molecule has 0 N–H and O–H groups in total. The highest BCUT2D eigenvalue weighted by Crippen LogP contribution is 2.18. The summed E-state index contributed by atoms with van der Waals surface area (Å²) in [7, 11) is 0. The van der Waals surface area contributed by atoms with Crippen molar-refractivity contribution in [2.24, 2.45) is 0 Å². The Kier molecular flexibility index (Phi) is 7.35. The van der Waals surface area contributed by atoms with Gasteiger partial charge in [0.2, 0.25) is 5.91 Å². The molecule has 0 unspecified atom stereocenters. The zero-order valence-corrected chi connectivity index (χ0v) is 15.9. The second-order valence-corrected chi connectivity index (χ2v) is 7.57. The van der Waals surface area contributed by atoms with Gasteiger partial charge >= 0.3 is 0 Å². The van der Waals surface area contributed by atoms with Crippen LogP contribution in [0.5, 0.6) is 0 Å². The first kappa shape index (κ1) is 18.7. The van der Waals surface area contributed by atoms with Gasteiger partial charge in [-0.25, -0.2) is 0 Å². The standard InChI is InChI=1S/C22H26N2OS/c25-22(13-19-26-21-11-5-2-6-12-21)24-17-15-23(16-18-24)14-7-10-20-8-3-1-4-9-20/h1-12H,13-19H2/b10-7+. The van der Waals surface area contributed by atoms with Crippen LogP contribution >= 0.6 is 11.8 Å². The first-order chi connectivity index (χ1) is 12.8. The summed E-state index contributed by atoms with van der Waals surface area (Å²) in [6.07, 6.45) is 5.00. The minimum absolute atomic E-state index is 0.285. The van der Waals surface area contributed by atoms with Crippen molar-refractivity contribution < 1.29 is 4.79 Å². The molecule has 0 aromatic heterocycles. The second kappa shape index (κ2) is 10.2. The van der Waals surface area contributed by atoms with E-state index in [-0.39, 0.29) is 5.91 Å². The highest BCUT2D eigenvalue weighted by atomic mass is 32.2. The van der Waals surface area contributed by atoms with E-state index in [1.54, 1.807) is 11.8 Å². The Balaban J connectivity index is 1.34. The molecule has 1 fully saturated rings. The minimum atomic E-state index is 0.285. The van der Waals surface area contributed by atoms with Gasteiger partial charge in [-0.3, -0.25) is 9.69 Å². The van der Waals surface area contributed by atoms with Gasteiger partial charge in [0.15, 0.2) is 0 Å². The maximum absolute atomic E-state index is 12.4. The van der Waals surface area contributed by atoms with Crippen LogP contribution in [0.15, 0.2) is 71.6 Å². The third-order valence-corrected chi connectivity index (χ3v) is 5.54. The molecule has 3 rings (SSSR count). The molecule has 136 valence electrons. The van der Waals surface area contributed by atoms with Crippen LogP contribution in [0, 0.1) is 0 Å². The van der Waals surface area contributed by atoms with Crippen molar-refractivity contribution in [3.05, 3.63) is 72.3 Å². The smallest absolute Gasteiger partial charge is 0.223 e.